The van der Waals surface area contributed by atoms with Gasteiger partial charge in [0.2, 0.25) is 0 Å². The molecule has 5 aromatic rings. The second-order valence-electron chi connectivity index (χ2n) is 26.6. The molecule has 3 aliphatic carbocycles. The van der Waals surface area contributed by atoms with E-state index in [0.29, 0.717) is 5.92 Å². The van der Waals surface area contributed by atoms with Crippen molar-refractivity contribution in [3.63, 3.8) is 0 Å². The van der Waals surface area contributed by atoms with E-state index in [-0.39, 0.29) is 39.2 Å². The molecule has 68 heavy (non-hydrogen) atoms. The van der Waals surface area contributed by atoms with Gasteiger partial charge in [-0.1, -0.05) is 165 Å². The summed E-state index contributed by atoms with van der Waals surface area (Å²) in [5, 5.41) is 0. The van der Waals surface area contributed by atoms with E-state index < -0.39 is 0 Å². The first-order chi connectivity index (χ1) is 31.7. The Morgan fingerprint density at radius 3 is 1.91 bits per heavy atom. The van der Waals surface area contributed by atoms with E-state index in [0.717, 1.165) is 43.7 Å². The van der Waals surface area contributed by atoms with Crippen LogP contribution in [0.5, 0.6) is 0 Å². The first-order valence-electron chi connectivity index (χ1n) is 26.1. The van der Waals surface area contributed by atoms with Crippen molar-refractivity contribution in [1.29, 1.82) is 0 Å². The van der Waals surface area contributed by atoms with E-state index in [1.807, 2.05) is 0 Å². The summed E-state index contributed by atoms with van der Waals surface area (Å²) in [5.74, 6) is 2.45. The molecule has 0 unspecified atom stereocenters. The fourth-order valence-electron chi connectivity index (χ4n) is 12.5. The summed E-state index contributed by atoms with van der Waals surface area (Å²) in [6, 6.07) is 26.8. The van der Waals surface area contributed by atoms with Crippen LogP contribution in [0.4, 0.5) is 28.6 Å². The molecule has 0 spiro atoms. The van der Waals surface area contributed by atoms with Gasteiger partial charge in [-0.2, -0.15) is 0 Å². The van der Waals surface area contributed by atoms with Crippen molar-refractivity contribution in [3.05, 3.63) is 135 Å². The van der Waals surface area contributed by atoms with Gasteiger partial charge in [-0.25, -0.2) is 0 Å². The van der Waals surface area contributed by atoms with Crippen LogP contribution in [-0.4, -0.2) is 6.71 Å². The van der Waals surface area contributed by atoms with Crippen LogP contribution < -0.4 is 26.2 Å². The number of anilines is 5. The predicted molar refractivity (Wildman–Crippen MR) is 295 cm³/mol. The second kappa shape index (κ2) is 15.5. The van der Waals surface area contributed by atoms with Crippen molar-refractivity contribution in [1.82, 2.24) is 0 Å². The lowest BCUT2D eigenvalue weighted by Gasteiger charge is -2.47. The van der Waals surface area contributed by atoms with E-state index in [1.54, 1.807) is 0 Å². The molecule has 0 saturated heterocycles. The molecule has 0 amide bonds. The zero-order valence-electron chi connectivity index (χ0n) is 44.9. The zero-order chi connectivity index (χ0) is 48.8. The third kappa shape index (κ3) is 7.44. The quantitative estimate of drug-likeness (QED) is 0.161. The summed E-state index contributed by atoms with van der Waals surface area (Å²) >= 11 is 0. The van der Waals surface area contributed by atoms with Crippen molar-refractivity contribution in [2.24, 2.45) is 16.7 Å². The third-order valence-corrected chi connectivity index (χ3v) is 17.4. The molecule has 4 heteroatoms. The molecule has 0 saturated carbocycles. The van der Waals surface area contributed by atoms with Gasteiger partial charge in [0, 0.05) is 28.3 Å². The molecule has 2 aliphatic heterocycles. The van der Waals surface area contributed by atoms with Crippen molar-refractivity contribution in [2.45, 2.75) is 178 Å². The standard InChI is InChI=1S/C64H79BN2O/c1-18-62(12,13)48-37-51(44(35-46(48)61(9,10)11)40-22-20-19-21-23-40)67-52-38-49-47(63(14,15)30-31-64(49,16)17)36-50(52)65-56-45-34-42(60(6,7)8)26-29-55(45)68-58(56)66(53-32-39(2)33-54(67)57(53)65)43-27-24-41(25-28-43)59(3,4)5/h19-24,26-27,29,32-33,35-38,42H,18,25,28,30-31,34H2,1-17H3/t42-/m0/s1. The third-order valence-electron chi connectivity index (χ3n) is 17.4. The molecule has 3 nitrogen and oxygen atoms in total. The molecule has 1 aromatic heterocycles. The van der Waals surface area contributed by atoms with E-state index in [4.69, 9.17) is 4.42 Å². The Kier molecular flexibility index (Phi) is 10.7. The van der Waals surface area contributed by atoms with E-state index in [2.05, 4.69) is 219 Å². The molecule has 3 heterocycles. The summed E-state index contributed by atoms with van der Waals surface area (Å²) in [6.07, 6.45) is 15.9. The Bertz CT molecular complexity index is 2960. The maximum Gasteiger partial charge on any atom is 0.256 e. The maximum atomic E-state index is 7.41. The molecule has 4 aromatic carbocycles. The van der Waals surface area contributed by atoms with Crippen molar-refractivity contribution in [2.75, 3.05) is 9.80 Å². The van der Waals surface area contributed by atoms with Crippen LogP contribution in [0.3, 0.4) is 0 Å². The number of furan rings is 1. The molecular weight excluding hydrogens is 824 g/mol. The Labute approximate surface area is 411 Å². The zero-order valence-corrected chi connectivity index (χ0v) is 44.9. The van der Waals surface area contributed by atoms with Crippen LogP contribution in [0.25, 0.3) is 17.2 Å². The number of nitrogens with zero attached hydrogens (tertiary/aromatic N) is 2. The van der Waals surface area contributed by atoms with Crippen molar-refractivity contribution in [3.8, 4) is 11.1 Å². The Morgan fingerprint density at radius 1 is 0.676 bits per heavy atom. The molecule has 0 bridgehead atoms. The van der Waals surface area contributed by atoms with Gasteiger partial charge in [0.05, 0.1) is 5.69 Å². The first-order valence-corrected chi connectivity index (χ1v) is 26.1. The van der Waals surface area contributed by atoms with Gasteiger partial charge in [-0.05, 0) is 182 Å². The van der Waals surface area contributed by atoms with Crippen molar-refractivity contribution < 1.29 is 4.42 Å². The molecule has 10 rings (SSSR count). The summed E-state index contributed by atoms with van der Waals surface area (Å²) in [6.45, 7) is 41.0. The van der Waals surface area contributed by atoms with E-state index in [1.165, 1.54) is 101 Å². The molecular formula is C64H79BN2O. The fraction of sp³-hybridized carbons (Fsp3) is 0.469. The van der Waals surface area contributed by atoms with Crippen LogP contribution in [0.1, 0.15) is 182 Å². The highest BCUT2D eigenvalue weighted by Crippen LogP contribution is 2.54. The number of fused-ring (bicyclic) bond motifs is 7. The van der Waals surface area contributed by atoms with E-state index >= 15 is 0 Å². The minimum atomic E-state index is -0.0580. The molecule has 5 aliphatic rings. The Balaban J connectivity index is 1.37. The number of aryl methyl sites for hydroxylation is 1. The maximum absolute atomic E-state index is 7.41. The highest BCUT2D eigenvalue weighted by atomic mass is 16.4. The second-order valence-corrected chi connectivity index (χ2v) is 26.6. The number of hydrogen-bond donors (Lipinski definition) is 0. The van der Waals surface area contributed by atoms with Gasteiger partial charge in [-0.3, -0.25) is 4.90 Å². The summed E-state index contributed by atoms with van der Waals surface area (Å²) in [7, 11) is 0. The summed E-state index contributed by atoms with van der Waals surface area (Å²) in [5.41, 5.74) is 23.3. The van der Waals surface area contributed by atoms with Gasteiger partial charge < -0.3 is 9.32 Å². The van der Waals surface area contributed by atoms with E-state index in [9.17, 15) is 0 Å². The lowest BCUT2D eigenvalue weighted by Crippen LogP contribution is -2.62. The number of benzene rings is 4. The average Bonchev–Trinajstić information content (AvgIpc) is 3.65. The lowest BCUT2D eigenvalue weighted by molar-refractivity contribution is 0.289. The molecule has 1 atom stereocenters. The van der Waals surface area contributed by atoms with Gasteiger partial charge in [0.15, 0.2) is 5.88 Å². The van der Waals surface area contributed by atoms with Crippen LogP contribution in [-0.2, 0) is 28.1 Å². The van der Waals surface area contributed by atoms with Crippen molar-refractivity contribution >= 4 is 57.8 Å². The van der Waals surface area contributed by atoms with Gasteiger partial charge in [-0.15, -0.1) is 0 Å². The summed E-state index contributed by atoms with van der Waals surface area (Å²) in [4.78, 5) is 5.33. The molecule has 354 valence electrons. The fourth-order valence-corrected chi connectivity index (χ4v) is 12.5. The van der Waals surface area contributed by atoms with Crippen LogP contribution in [0, 0.1) is 23.7 Å². The largest absolute Gasteiger partial charge is 0.441 e. The van der Waals surface area contributed by atoms with Gasteiger partial charge in [0.1, 0.15) is 5.76 Å². The van der Waals surface area contributed by atoms with Crippen LogP contribution in [0.2, 0.25) is 0 Å². The first kappa shape index (κ1) is 46.8. The normalized spacial score (nSPS) is 19.4. The average molecular weight is 903 g/mol. The number of rotatable bonds is 5. The number of allylic oxidation sites excluding steroid dienone is 5. The van der Waals surface area contributed by atoms with Gasteiger partial charge in [0.25, 0.3) is 6.71 Å². The van der Waals surface area contributed by atoms with Gasteiger partial charge >= 0.3 is 0 Å². The molecule has 0 N–H and O–H groups in total. The predicted octanol–water partition coefficient (Wildman–Crippen LogP) is 16.2. The number of hydrogen-bond acceptors (Lipinski definition) is 3. The molecule has 0 radical (unpaired) electrons. The molecule has 0 fully saturated rings. The van der Waals surface area contributed by atoms with Crippen LogP contribution in [0.15, 0.2) is 101 Å². The Hall–Kier alpha value is -4.96. The van der Waals surface area contributed by atoms with Crippen LogP contribution >= 0.6 is 0 Å². The smallest absolute Gasteiger partial charge is 0.256 e. The highest BCUT2D eigenvalue weighted by molar-refractivity contribution is 7.00. The monoisotopic (exact) mass is 903 g/mol. The lowest BCUT2D eigenvalue weighted by atomic mass is 9.32. The summed E-state index contributed by atoms with van der Waals surface area (Å²) < 4.78 is 7.41. The topological polar surface area (TPSA) is 19.6 Å². The minimum absolute atomic E-state index is 0.00528. The SMILES string of the molecule is CCC(C)(C)c1cc(N2c3cc4c(cc3B3c5c(cc(C)cc52)N(C2=CC=C(C(C)(C)C)CC2)c2oc5c(c23)C[C@@H](C(C)(C)C)C=C5)C(C)(C)CCC4(C)C)c(-c2ccccc2)cc1C(C)(C)C. The Morgan fingerprint density at radius 2 is 1.32 bits per heavy atom. The highest BCUT2D eigenvalue weighted by Gasteiger charge is 2.50. The minimum Gasteiger partial charge on any atom is -0.441 e.